The highest BCUT2D eigenvalue weighted by molar-refractivity contribution is 8.26. The molecule has 0 bridgehead atoms. The van der Waals surface area contributed by atoms with Crippen molar-refractivity contribution < 1.29 is 19.1 Å². The van der Waals surface area contributed by atoms with Crippen LogP contribution in [0.4, 0.5) is 0 Å². The molecule has 1 saturated heterocycles. The first kappa shape index (κ1) is 20.9. The number of thioether (sulfide) groups is 1. The summed E-state index contributed by atoms with van der Waals surface area (Å²) in [7, 11) is 1.55. The van der Waals surface area contributed by atoms with Crippen molar-refractivity contribution in [2.45, 2.75) is 13.3 Å². The molecule has 3 rings (SSSR count). The van der Waals surface area contributed by atoms with E-state index >= 15 is 0 Å². The monoisotopic (exact) mass is 428 g/mol. The number of carbonyl (C=O) groups is 2. The first-order valence-corrected chi connectivity index (χ1v) is 10.2. The van der Waals surface area contributed by atoms with Crippen LogP contribution in [0.25, 0.3) is 6.08 Å². The van der Waals surface area contributed by atoms with Gasteiger partial charge in [0.15, 0.2) is 4.32 Å². The minimum absolute atomic E-state index is 0.269. The van der Waals surface area contributed by atoms with E-state index < -0.39 is 5.91 Å². The van der Waals surface area contributed by atoms with Gasteiger partial charge in [-0.1, -0.05) is 30.8 Å². The largest absolute Gasteiger partial charge is 0.497 e. The van der Waals surface area contributed by atoms with Crippen molar-refractivity contribution in [3.05, 3.63) is 64.6 Å². The van der Waals surface area contributed by atoms with E-state index in [9.17, 15) is 9.59 Å². The van der Waals surface area contributed by atoms with Crippen molar-refractivity contribution in [2.24, 2.45) is 0 Å². The molecule has 1 aliphatic heterocycles. The Bertz CT molecular complexity index is 940. The Labute approximate surface area is 178 Å². The van der Waals surface area contributed by atoms with Gasteiger partial charge < -0.3 is 9.47 Å². The summed E-state index contributed by atoms with van der Waals surface area (Å²) in [4.78, 5) is 25.6. The average molecular weight is 429 g/mol. The van der Waals surface area contributed by atoms with Crippen LogP contribution in [-0.4, -0.2) is 34.9 Å². The van der Waals surface area contributed by atoms with Crippen LogP contribution in [0.15, 0.2) is 53.4 Å². The van der Waals surface area contributed by atoms with Crippen LogP contribution >= 0.6 is 24.0 Å². The number of hydrogen-bond acceptors (Lipinski definition) is 6. The third-order valence-electron chi connectivity index (χ3n) is 4.01. The second kappa shape index (κ2) is 9.58. The standard InChI is InChI=1S/C21H20N2O4S2/c1-3-12-27-17-8-4-14(5-9-17)13-18-20(25)23(21(28)29-18)22-19(24)15-6-10-16(26-2)11-7-15/h4-11,13H,3,12H2,1-2H3,(H,22,24)/b18-13+. The zero-order valence-corrected chi connectivity index (χ0v) is 17.6. The lowest BCUT2D eigenvalue weighted by atomic mass is 10.2. The van der Waals surface area contributed by atoms with Gasteiger partial charge in [-0.3, -0.25) is 15.0 Å². The van der Waals surface area contributed by atoms with Gasteiger partial charge in [-0.15, -0.1) is 0 Å². The quantitative estimate of drug-likeness (QED) is 0.531. The number of hydrogen-bond donors (Lipinski definition) is 1. The highest BCUT2D eigenvalue weighted by atomic mass is 32.2. The molecule has 2 amide bonds. The topological polar surface area (TPSA) is 67.9 Å². The van der Waals surface area contributed by atoms with Gasteiger partial charge in [0.05, 0.1) is 18.6 Å². The lowest BCUT2D eigenvalue weighted by molar-refractivity contribution is -0.123. The first-order valence-electron chi connectivity index (χ1n) is 8.97. The zero-order valence-electron chi connectivity index (χ0n) is 16.0. The molecule has 0 radical (unpaired) electrons. The molecule has 1 aliphatic rings. The third kappa shape index (κ3) is 5.16. The van der Waals surface area contributed by atoms with Crippen LogP contribution in [0.3, 0.4) is 0 Å². The average Bonchev–Trinajstić information content (AvgIpc) is 3.00. The Morgan fingerprint density at radius 2 is 1.79 bits per heavy atom. The molecule has 2 aromatic carbocycles. The van der Waals surface area contributed by atoms with Crippen LogP contribution in [-0.2, 0) is 4.79 Å². The summed E-state index contributed by atoms with van der Waals surface area (Å²) in [5.74, 6) is 0.625. The maximum Gasteiger partial charge on any atom is 0.285 e. The molecule has 150 valence electrons. The van der Waals surface area contributed by atoms with Crippen LogP contribution in [0.1, 0.15) is 29.3 Å². The van der Waals surface area contributed by atoms with Gasteiger partial charge in [0, 0.05) is 5.56 Å². The molecule has 0 aromatic heterocycles. The number of nitrogens with zero attached hydrogens (tertiary/aromatic N) is 1. The van der Waals surface area contributed by atoms with E-state index in [0.29, 0.717) is 22.8 Å². The number of hydrazine groups is 1. The van der Waals surface area contributed by atoms with Gasteiger partial charge in [0.2, 0.25) is 0 Å². The third-order valence-corrected chi connectivity index (χ3v) is 5.31. The summed E-state index contributed by atoms with van der Waals surface area (Å²) in [6, 6.07) is 14.0. The molecule has 0 aliphatic carbocycles. The van der Waals surface area contributed by atoms with E-state index in [-0.39, 0.29) is 10.2 Å². The Balaban J connectivity index is 1.68. The van der Waals surface area contributed by atoms with Gasteiger partial charge >= 0.3 is 0 Å². The number of thiocarbonyl (C=S) groups is 1. The van der Waals surface area contributed by atoms with Gasteiger partial charge in [-0.25, -0.2) is 0 Å². The number of benzene rings is 2. The molecule has 1 N–H and O–H groups in total. The van der Waals surface area contributed by atoms with Crippen LogP contribution in [0, 0.1) is 0 Å². The fraction of sp³-hybridized carbons (Fsp3) is 0.190. The predicted molar refractivity (Wildman–Crippen MR) is 118 cm³/mol. The van der Waals surface area contributed by atoms with Gasteiger partial charge in [-0.2, -0.15) is 5.01 Å². The van der Waals surface area contributed by atoms with Gasteiger partial charge in [0.25, 0.3) is 11.8 Å². The summed E-state index contributed by atoms with van der Waals surface area (Å²) in [5, 5.41) is 1.09. The predicted octanol–water partition coefficient (Wildman–Crippen LogP) is 4.03. The van der Waals surface area contributed by atoms with Crippen LogP contribution < -0.4 is 14.9 Å². The first-order chi connectivity index (χ1) is 14.0. The fourth-order valence-electron chi connectivity index (χ4n) is 2.50. The molecular weight excluding hydrogens is 408 g/mol. The molecule has 29 heavy (non-hydrogen) atoms. The lowest BCUT2D eigenvalue weighted by Gasteiger charge is -2.15. The van der Waals surface area contributed by atoms with Crippen molar-refractivity contribution in [1.29, 1.82) is 0 Å². The van der Waals surface area contributed by atoms with E-state index in [1.54, 1.807) is 37.5 Å². The molecule has 0 saturated carbocycles. The smallest absolute Gasteiger partial charge is 0.285 e. The summed E-state index contributed by atoms with van der Waals surface area (Å²) >= 11 is 6.40. The number of methoxy groups -OCH3 is 1. The minimum atomic E-state index is -0.428. The van der Waals surface area contributed by atoms with Crippen molar-refractivity contribution >= 4 is 46.2 Å². The van der Waals surface area contributed by atoms with Crippen LogP contribution in [0.5, 0.6) is 11.5 Å². The highest BCUT2D eigenvalue weighted by Gasteiger charge is 2.33. The Hall–Kier alpha value is -2.84. The number of rotatable bonds is 7. The molecule has 6 nitrogen and oxygen atoms in total. The second-order valence-corrected chi connectivity index (χ2v) is 7.78. The van der Waals surface area contributed by atoms with E-state index in [2.05, 4.69) is 5.43 Å². The Morgan fingerprint density at radius 3 is 2.41 bits per heavy atom. The summed E-state index contributed by atoms with van der Waals surface area (Å²) in [6.07, 6.45) is 2.68. The van der Waals surface area contributed by atoms with E-state index in [0.717, 1.165) is 34.5 Å². The molecule has 1 fully saturated rings. The molecule has 2 aromatic rings. The van der Waals surface area contributed by atoms with E-state index in [4.69, 9.17) is 21.7 Å². The Morgan fingerprint density at radius 1 is 1.14 bits per heavy atom. The van der Waals surface area contributed by atoms with Crippen LogP contribution in [0.2, 0.25) is 0 Å². The Kier molecular flexibility index (Phi) is 6.90. The van der Waals surface area contributed by atoms with E-state index in [1.165, 1.54) is 0 Å². The zero-order chi connectivity index (χ0) is 20.8. The fourth-order valence-corrected chi connectivity index (χ4v) is 3.68. The molecule has 0 spiro atoms. The molecule has 1 heterocycles. The molecular formula is C21H20N2O4S2. The SMILES string of the molecule is CCCOc1ccc(/C=C2/SC(=S)N(NC(=O)c3ccc(OC)cc3)C2=O)cc1. The molecule has 0 atom stereocenters. The molecule has 8 heteroatoms. The number of ether oxygens (including phenoxy) is 2. The number of amides is 2. The van der Waals surface area contributed by atoms with Crippen molar-refractivity contribution in [3.8, 4) is 11.5 Å². The normalized spacial score (nSPS) is 15.0. The second-order valence-electron chi connectivity index (χ2n) is 6.10. The van der Waals surface area contributed by atoms with Crippen molar-refractivity contribution in [3.63, 3.8) is 0 Å². The molecule has 0 unspecified atom stereocenters. The minimum Gasteiger partial charge on any atom is -0.497 e. The van der Waals surface area contributed by atoms with Gasteiger partial charge in [0.1, 0.15) is 11.5 Å². The van der Waals surface area contributed by atoms with Crippen molar-refractivity contribution in [2.75, 3.05) is 13.7 Å². The summed E-state index contributed by atoms with van der Waals surface area (Å²) < 4.78 is 10.9. The summed E-state index contributed by atoms with van der Waals surface area (Å²) in [6.45, 7) is 2.70. The maximum absolute atomic E-state index is 12.7. The van der Waals surface area contributed by atoms with Gasteiger partial charge in [-0.05, 0) is 66.7 Å². The number of carbonyl (C=O) groups excluding carboxylic acids is 2. The maximum atomic E-state index is 12.7. The van der Waals surface area contributed by atoms with E-state index in [1.807, 2.05) is 31.2 Å². The van der Waals surface area contributed by atoms with Crippen molar-refractivity contribution in [1.82, 2.24) is 10.4 Å². The number of nitrogens with one attached hydrogen (secondary N) is 1. The highest BCUT2D eigenvalue weighted by Crippen LogP contribution is 2.31. The summed E-state index contributed by atoms with van der Waals surface area (Å²) in [5.41, 5.74) is 3.80. The lowest BCUT2D eigenvalue weighted by Crippen LogP contribution is -2.44.